The van der Waals surface area contributed by atoms with E-state index in [4.69, 9.17) is 9.84 Å². The number of hydrogen-bond acceptors (Lipinski definition) is 6. The molecule has 0 saturated carbocycles. The number of piperidine rings is 1. The Bertz CT molecular complexity index is 543. The molecule has 0 amide bonds. The molecule has 2 saturated heterocycles. The van der Waals surface area contributed by atoms with Gasteiger partial charge in [0.05, 0.1) is 18.1 Å². The first-order valence-corrected chi connectivity index (χ1v) is 7.68. The Morgan fingerprint density at radius 2 is 2.23 bits per heavy atom. The average molecular weight is 307 g/mol. The SMILES string of the molecule is O=C(O)Cc1cncnc1N1CCC2(CC1)OCCCC2O. The Balaban J connectivity index is 1.73. The zero-order valence-electron chi connectivity index (χ0n) is 12.4. The van der Waals surface area contributed by atoms with E-state index in [0.717, 1.165) is 25.7 Å². The van der Waals surface area contributed by atoms with E-state index in [1.54, 1.807) is 6.20 Å². The molecular formula is C15H21N3O4. The number of nitrogens with zero attached hydrogens (tertiary/aromatic N) is 3. The Kier molecular flexibility index (Phi) is 4.26. The molecule has 0 aliphatic carbocycles. The molecule has 2 aliphatic heterocycles. The minimum absolute atomic E-state index is 0.0864. The van der Waals surface area contributed by atoms with E-state index in [9.17, 15) is 9.90 Å². The van der Waals surface area contributed by atoms with Crippen molar-refractivity contribution in [2.24, 2.45) is 0 Å². The number of carboxylic acids is 1. The van der Waals surface area contributed by atoms with Gasteiger partial charge in [-0.05, 0) is 25.7 Å². The highest BCUT2D eigenvalue weighted by atomic mass is 16.5. The molecule has 1 unspecified atom stereocenters. The van der Waals surface area contributed by atoms with Crippen LogP contribution in [0.1, 0.15) is 31.2 Å². The number of aliphatic carboxylic acids is 1. The minimum atomic E-state index is -0.893. The van der Waals surface area contributed by atoms with Gasteiger partial charge in [-0.3, -0.25) is 4.79 Å². The van der Waals surface area contributed by atoms with Crippen molar-refractivity contribution in [1.29, 1.82) is 0 Å². The van der Waals surface area contributed by atoms with Crippen molar-refractivity contribution in [3.8, 4) is 0 Å². The predicted molar refractivity (Wildman–Crippen MR) is 78.7 cm³/mol. The average Bonchev–Trinajstić information content (AvgIpc) is 2.51. The van der Waals surface area contributed by atoms with E-state index in [1.807, 2.05) is 0 Å². The van der Waals surface area contributed by atoms with Gasteiger partial charge in [0, 0.05) is 31.5 Å². The Hall–Kier alpha value is -1.73. The number of ether oxygens (including phenoxy) is 1. The molecule has 0 aromatic carbocycles. The Morgan fingerprint density at radius 1 is 1.45 bits per heavy atom. The Morgan fingerprint density at radius 3 is 2.91 bits per heavy atom. The molecule has 7 heteroatoms. The first-order chi connectivity index (χ1) is 10.6. The molecule has 0 bridgehead atoms. The summed E-state index contributed by atoms with van der Waals surface area (Å²) in [5.41, 5.74) is 0.186. The lowest BCUT2D eigenvalue weighted by Crippen LogP contribution is -2.55. The van der Waals surface area contributed by atoms with Gasteiger partial charge in [0.25, 0.3) is 0 Å². The van der Waals surface area contributed by atoms with Crippen LogP contribution < -0.4 is 4.90 Å². The fourth-order valence-corrected chi connectivity index (χ4v) is 3.41. The van der Waals surface area contributed by atoms with Crippen LogP contribution in [0.15, 0.2) is 12.5 Å². The number of aliphatic hydroxyl groups is 1. The summed E-state index contributed by atoms with van der Waals surface area (Å²) in [6.07, 6.45) is 5.65. The normalized spacial score (nSPS) is 24.4. The van der Waals surface area contributed by atoms with Gasteiger partial charge in [-0.1, -0.05) is 0 Å². The number of carboxylic acid groups (broad SMARTS) is 1. The smallest absolute Gasteiger partial charge is 0.308 e. The third-order valence-electron chi connectivity index (χ3n) is 4.63. The van der Waals surface area contributed by atoms with Crippen molar-refractivity contribution < 1.29 is 19.7 Å². The van der Waals surface area contributed by atoms with E-state index < -0.39 is 17.7 Å². The molecule has 3 heterocycles. The highest BCUT2D eigenvalue weighted by Crippen LogP contribution is 2.36. The van der Waals surface area contributed by atoms with Crippen molar-refractivity contribution >= 4 is 11.8 Å². The van der Waals surface area contributed by atoms with Gasteiger partial charge in [-0.25, -0.2) is 9.97 Å². The number of anilines is 1. The predicted octanol–water partition coefficient (Wildman–Crippen LogP) is 0.614. The van der Waals surface area contributed by atoms with Crippen molar-refractivity contribution in [3.05, 3.63) is 18.1 Å². The summed E-state index contributed by atoms with van der Waals surface area (Å²) in [5, 5.41) is 19.3. The molecule has 0 radical (unpaired) electrons. The van der Waals surface area contributed by atoms with Gasteiger partial charge < -0.3 is 19.8 Å². The van der Waals surface area contributed by atoms with Gasteiger partial charge in [0.1, 0.15) is 12.1 Å². The summed E-state index contributed by atoms with van der Waals surface area (Å²) in [6.45, 7) is 2.09. The molecule has 1 atom stereocenters. The van der Waals surface area contributed by atoms with E-state index in [1.165, 1.54) is 6.33 Å². The lowest BCUT2D eigenvalue weighted by molar-refractivity contribution is -0.164. The molecule has 2 fully saturated rings. The molecule has 2 aliphatic rings. The summed E-state index contributed by atoms with van der Waals surface area (Å²) in [5.74, 6) is -0.215. The topological polar surface area (TPSA) is 95.8 Å². The molecule has 2 N–H and O–H groups in total. The zero-order chi connectivity index (χ0) is 15.6. The number of aromatic nitrogens is 2. The third-order valence-corrected chi connectivity index (χ3v) is 4.63. The van der Waals surface area contributed by atoms with Gasteiger partial charge in [-0.2, -0.15) is 0 Å². The fourth-order valence-electron chi connectivity index (χ4n) is 3.41. The van der Waals surface area contributed by atoms with Crippen LogP contribution in [0.2, 0.25) is 0 Å². The van der Waals surface area contributed by atoms with Gasteiger partial charge in [0.2, 0.25) is 0 Å². The maximum absolute atomic E-state index is 11.0. The van der Waals surface area contributed by atoms with E-state index in [2.05, 4.69) is 14.9 Å². The molecule has 120 valence electrons. The van der Waals surface area contributed by atoms with Gasteiger partial charge in [-0.15, -0.1) is 0 Å². The van der Waals surface area contributed by atoms with Crippen LogP contribution in [0.4, 0.5) is 5.82 Å². The molecule has 1 spiro atoms. The van der Waals surface area contributed by atoms with Gasteiger partial charge in [0.15, 0.2) is 0 Å². The second kappa shape index (κ2) is 6.18. The lowest BCUT2D eigenvalue weighted by atomic mass is 9.82. The number of hydrogen-bond donors (Lipinski definition) is 2. The van der Waals surface area contributed by atoms with Crippen LogP contribution in [-0.2, 0) is 16.0 Å². The van der Waals surface area contributed by atoms with E-state index in [-0.39, 0.29) is 6.42 Å². The first-order valence-electron chi connectivity index (χ1n) is 7.68. The van der Waals surface area contributed by atoms with Crippen LogP contribution >= 0.6 is 0 Å². The van der Waals surface area contributed by atoms with Crippen LogP contribution in [0.25, 0.3) is 0 Å². The maximum atomic E-state index is 11.0. The maximum Gasteiger partial charge on any atom is 0.308 e. The van der Waals surface area contributed by atoms with Crippen LogP contribution in [0.5, 0.6) is 0 Å². The fraction of sp³-hybridized carbons (Fsp3) is 0.667. The Labute approximate surface area is 128 Å². The van der Waals surface area contributed by atoms with Gasteiger partial charge >= 0.3 is 5.97 Å². The minimum Gasteiger partial charge on any atom is -0.481 e. The number of rotatable bonds is 3. The summed E-state index contributed by atoms with van der Waals surface area (Å²) >= 11 is 0. The quantitative estimate of drug-likeness (QED) is 0.844. The summed E-state index contributed by atoms with van der Waals surface area (Å²) in [6, 6.07) is 0. The second-order valence-corrected chi connectivity index (χ2v) is 6.00. The molecular weight excluding hydrogens is 286 g/mol. The highest BCUT2D eigenvalue weighted by molar-refractivity contribution is 5.72. The van der Waals surface area contributed by atoms with Crippen molar-refractivity contribution in [2.45, 2.75) is 43.8 Å². The molecule has 22 heavy (non-hydrogen) atoms. The van der Waals surface area contributed by atoms with Crippen molar-refractivity contribution in [2.75, 3.05) is 24.6 Å². The summed E-state index contributed by atoms with van der Waals surface area (Å²) < 4.78 is 5.89. The standard InChI is InChI=1S/C15H21N3O4/c19-12-2-1-7-22-15(12)3-5-18(6-4-15)14-11(8-13(20)21)9-16-10-17-14/h9-10,12,19H,1-8H2,(H,20,21). The van der Waals surface area contributed by atoms with E-state index in [0.29, 0.717) is 31.1 Å². The lowest BCUT2D eigenvalue weighted by Gasteiger charge is -2.47. The summed E-state index contributed by atoms with van der Waals surface area (Å²) in [7, 11) is 0. The second-order valence-electron chi connectivity index (χ2n) is 6.00. The zero-order valence-corrected chi connectivity index (χ0v) is 12.4. The highest BCUT2D eigenvalue weighted by Gasteiger charge is 2.44. The van der Waals surface area contributed by atoms with Crippen molar-refractivity contribution in [1.82, 2.24) is 9.97 Å². The molecule has 1 aromatic heterocycles. The summed E-state index contributed by atoms with van der Waals surface area (Å²) in [4.78, 5) is 21.2. The molecule has 3 rings (SSSR count). The largest absolute Gasteiger partial charge is 0.481 e. The van der Waals surface area contributed by atoms with Crippen molar-refractivity contribution in [3.63, 3.8) is 0 Å². The van der Waals surface area contributed by atoms with Crippen LogP contribution in [-0.4, -0.2) is 57.6 Å². The first kappa shape index (κ1) is 15.2. The monoisotopic (exact) mass is 307 g/mol. The molecule has 1 aromatic rings. The van der Waals surface area contributed by atoms with E-state index >= 15 is 0 Å². The van der Waals surface area contributed by atoms with Crippen LogP contribution in [0.3, 0.4) is 0 Å². The van der Waals surface area contributed by atoms with Crippen LogP contribution in [0, 0.1) is 0 Å². The molecule has 7 nitrogen and oxygen atoms in total. The number of carbonyl (C=O) groups is 1. The number of aliphatic hydroxyl groups excluding tert-OH is 1. The third kappa shape index (κ3) is 2.91.